The number of nitrogens with two attached hydrogens (primary N) is 1. The highest BCUT2D eigenvalue weighted by atomic mass is 32.1. The third-order valence-electron chi connectivity index (χ3n) is 4.31. The van der Waals surface area contributed by atoms with Gasteiger partial charge in [0.1, 0.15) is 18.1 Å². The van der Waals surface area contributed by atoms with Crippen molar-refractivity contribution in [3.63, 3.8) is 0 Å². The van der Waals surface area contributed by atoms with E-state index in [9.17, 15) is 24.3 Å². The molecule has 0 aliphatic rings. The van der Waals surface area contributed by atoms with Gasteiger partial charge in [-0.25, -0.2) is 4.79 Å². The van der Waals surface area contributed by atoms with Crippen molar-refractivity contribution in [1.29, 1.82) is 0 Å². The smallest absolute Gasteiger partial charge is 0.326 e. The van der Waals surface area contributed by atoms with E-state index in [4.69, 9.17) is 5.73 Å². The third kappa shape index (κ3) is 8.05. The normalized spacial score (nSPS) is 15.7. The molecule has 0 aromatic heterocycles. The molecule has 0 saturated heterocycles. The molecule has 9 nitrogen and oxygen atoms in total. The molecule has 0 aromatic rings. The summed E-state index contributed by atoms with van der Waals surface area (Å²) < 4.78 is 0. The first-order valence-electron chi connectivity index (χ1n) is 9.33. The van der Waals surface area contributed by atoms with E-state index in [0.29, 0.717) is 0 Å². The maximum absolute atomic E-state index is 12.6. The zero-order valence-electron chi connectivity index (χ0n) is 17.4. The monoisotopic (exact) mass is 418 g/mol. The SMILES string of the molecule is CC(C)C(N)C(=O)NC(CS)C(=O)NC(C(=O)NC(C(=O)O)C(C)C)C(C)C. The van der Waals surface area contributed by atoms with Crippen molar-refractivity contribution < 1.29 is 24.3 Å². The Bertz CT molecular complexity index is 568. The van der Waals surface area contributed by atoms with Crippen LogP contribution in [-0.2, 0) is 19.2 Å². The molecule has 0 aliphatic heterocycles. The molecule has 0 saturated carbocycles. The van der Waals surface area contributed by atoms with Crippen LogP contribution in [0, 0.1) is 17.8 Å². The van der Waals surface area contributed by atoms with E-state index in [1.807, 2.05) is 0 Å². The van der Waals surface area contributed by atoms with E-state index < -0.39 is 47.9 Å². The second-order valence-corrected chi connectivity index (χ2v) is 8.18. The van der Waals surface area contributed by atoms with E-state index in [1.54, 1.807) is 41.5 Å². The maximum atomic E-state index is 12.6. The van der Waals surface area contributed by atoms with Crippen LogP contribution in [0.5, 0.6) is 0 Å². The van der Waals surface area contributed by atoms with Crippen LogP contribution in [0.2, 0.25) is 0 Å². The Kier molecular flexibility index (Phi) is 11.1. The fourth-order valence-corrected chi connectivity index (χ4v) is 2.57. The second-order valence-electron chi connectivity index (χ2n) is 7.81. The minimum Gasteiger partial charge on any atom is -0.480 e. The van der Waals surface area contributed by atoms with Gasteiger partial charge < -0.3 is 26.8 Å². The lowest BCUT2D eigenvalue weighted by atomic mass is 10.00. The van der Waals surface area contributed by atoms with Gasteiger partial charge >= 0.3 is 5.97 Å². The molecule has 0 fully saturated rings. The minimum absolute atomic E-state index is 0.0125. The van der Waals surface area contributed by atoms with E-state index >= 15 is 0 Å². The van der Waals surface area contributed by atoms with Crippen LogP contribution in [0.3, 0.4) is 0 Å². The Hall–Kier alpha value is -1.81. The first-order valence-corrected chi connectivity index (χ1v) is 9.97. The van der Waals surface area contributed by atoms with Crippen LogP contribution < -0.4 is 21.7 Å². The number of nitrogens with one attached hydrogen (secondary N) is 3. The average Bonchev–Trinajstić information content (AvgIpc) is 2.59. The Morgan fingerprint density at radius 2 is 1.25 bits per heavy atom. The van der Waals surface area contributed by atoms with E-state index in [1.165, 1.54) is 0 Å². The highest BCUT2D eigenvalue weighted by Crippen LogP contribution is 2.07. The highest BCUT2D eigenvalue weighted by Gasteiger charge is 2.32. The van der Waals surface area contributed by atoms with Crippen molar-refractivity contribution in [3.05, 3.63) is 0 Å². The van der Waals surface area contributed by atoms with Crippen LogP contribution in [0.4, 0.5) is 0 Å². The molecule has 4 atom stereocenters. The molecule has 0 bridgehead atoms. The first kappa shape index (κ1) is 26.2. The summed E-state index contributed by atoms with van der Waals surface area (Å²) >= 11 is 4.09. The fraction of sp³-hybridized carbons (Fsp3) is 0.778. The lowest BCUT2D eigenvalue weighted by Gasteiger charge is -2.27. The highest BCUT2D eigenvalue weighted by molar-refractivity contribution is 7.80. The molecule has 0 radical (unpaired) electrons. The van der Waals surface area contributed by atoms with Crippen molar-refractivity contribution >= 4 is 36.3 Å². The number of carboxylic acid groups (broad SMARTS) is 1. The van der Waals surface area contributed by atoms with Crippen LogP contribution in [0.15, 0.2) is 0 Å². The molecule has 0 rings (SSSR count). The molecule has 10 heteroatoms. The third-order valence-corrected chi connectivity index (χ3v) is 4.68. The summed E-state index contributed by atoms with van der Waals surface area (Å²) in [5.74, 6) is -3.56. The molecule has 0 heterocycles. The van der Waals surface area contributed by atoms with Gasteiger partial charge in [0.15, 0.2) is 0 Å². The molecule has 0 spiro atoms. The molecule has 162 valence electrons. The molecular formula is C18H34N4O5S. The molecular weight excluding hydrogens is 384 g/mol. The Labute approximate surface area is 172 Å². The van der Waals surface area contributed by atoms with E-state index in [2.05, 4.69) is 28.6 Å². The predicted molar refractivity (Wildman–Crippen MR) is 110 cm³/mol. The summed E-state index contributed by atoms with van der Waals surface area (Å²) in [7, 11) is 0. The topological polar surface area (TPSA) is 151 Å². The van der Waals surface area contributed by atoms with Gasteiger partial charge in [-0.2, -0.15) is 12.6 Å². The molecule has 28 heavy (non-hydrogen) atoms. The first-order chi connectivity index (χ1) is 12.8. The number of thiol groups is 1. The quantitative estimate of drug-likeness (QED) is 0.255. The lowest BCUT2D eigenvalue weighted by molar-refractivity contribution is -0.143. The van der Waals surface area contributed by atoms with Crippen LogP contribution in [0.1, 0.15) is 41.5 Å². The summed E-state index contributed by atoms with van der Waals surface area (Å²) in [5.41, 5.74) is 5.78. The Morgan fingerprint density at radius 1 is 0.786 bits per heavy atom. The maximum Gasteiger partial charge on any atom is 0.326 e. The second kappa shape index (κ2) is 11.9. The zero-order valence-corrected chi connectivity index (χ0v) is 18.2. The zero-order chi connectivity index (χ0) is 22.2. The van der Waals surface area contributed by atoms with Crippen molar-refractivity contribution in [2.45, 2.75) is 65.7 Å². The van der Waals surface area contributed by atoms with Gasteiger partial charge in [-0.15, -0.1) is 0 Å². The van der Waals surface area contributed by atoms with Crippen LogP contribution in [-0.4, -0.2) is 58.7 Å². The molecule has 4 unspecified atom stereocenters. The van der Waals surface area contributed by atoms with E-state index in [0.717, 1.165) is 0 Å². The van der Waals surface area contributed by atoms with Crippen molar-refractivity contribution in [3.8, 4) is 0 Å². The van der Waals surface area contributed by atoms with Crippen molar-refractivity contribution in [2.75, 3.05) is 5.75 Å². The number of hydrogen-bond acceptors (Lipinski definition) is 6. The van der Waals surface area contributed by atoms with Crippen molar-refractivity contribution in [2.24, 2.45) is 23.5 Å². The Balaban J connectivity index is 5.20. The number of carbonyl (C=O) groups excluding carboxylic acids is 3. The van der Waals surface area contributed by atoms with Gasteiger partial charge in [-0.1, -0.05) is 41.5 Å². The Morgan fingerprint density at radius 3 is 1.61 bits per heavy atom. The largest absolute Gasteiger partial charge is 0.480 e. The summed E-state index contributed by atoms with van der Waals surface area (Å²) in [5, 5.41) is 16.8. The van der Waals surface area contributed by atoms with Gasteiger partial charge in [-0.05, 0) is 17.8 Å². The minimum atomic E-state index is -1.15. The number of hydrogen-bond donors (Lipinski definition) is 6. The number of carboxylic acids is 1. The van der Waals surface area contributed by atoms with Crippen LogP contribution >= 0.6 is 12.6 Å². The fourth-order valence-electron chi connectivity index (χ4n) is 2.31. The summed E-state index contributed by atoms with van der Waals surface area (Å²) in [4.78, 5) is 48.5. The van der Waals surface area contributed by atoms with Gasteiger partial charge in [0.25, 0.3) is 0 Å². The summed E-state index contributed by atoms with van der Waals surface area (Å²) in [6.07, 6.45) is 0. The number of carbonyl (C=O) groups is 4. The number of rotatable bonds is 11. The average molecular weight is 419 g/mol. The van der Waals surface area contributed by atoms with Crippen molar-refractivity contribution in [1.82, 2.24) is 16.0 Å². The summed E-state index contributed by atoms with van der Waals surface area (Å²) in [6.45, 7) is 10.4. The number of amides is 3. The van der Waals surface area contributed by atoms with Crippen LogP contribution in [0.25, 0.3) is 0 Å². The van der Waals surface area contributed by atoms with Gasteiger partial charge in [0.2, 0.25) is 17.7 Å². The summed E-state index contributed by atoms with van der Waals surface area (Å²) in [6, 6.07) is -3.79. The molecule has 3 amide bonds. The van der Waals surface area contributed by atoms with Gasteiger partial charge in [0, 0.05) is 5.75 Å². The van der Waals surface area contributed by atoms with E-state index in [-0.39, 0.29) is 23.5 Å². The lowest BCUT2D eigenvalue weighted by Crippen LogP contribution is -2.59. The standard InChI is InChI=1S/C18H34N4O5S/c1-8(2)12(19)16(24)20-11(7-28)15(23)21-13(9(3)4)17(25)22-14(10(5)6)18(26)27/h8-14,28H,7,19H2,1-6H3,(H,20,24)(H,21,23)(H,22,25)(H,26,27). The molecule has 0 aromatic carbocycles. The van der Waals surface area contributed by atoms with Gasteiger partial charge in [-0.3, -0.25) is 14.4 Å². The molecule has 0 aliphatic carbocycles. The van der Waals surface area contributed by atoms with Gasteiger partial charge in [0.05, 0.1) is 6.04 Å². The predicted octanol–water partition coefficient (Wildman–Crippen LogP) is -0.249. The number of aliphatic carboxylic acids is 1. The molecule has 6 N–H and O–H groups in total.